The van der Waals surface area contributed by atoms with Crippen LogP contribution in [0.1, 0.15) is 30.5 Å². The maximum absolute atomic E-state index is 13.2. The van der Waals surface area contributed by atoms with E-state index in [4.69, 9.17) is 5.73 Å². The fourth-order valence-corrected chi connectivity index (χ4v) is 3.50. The molecule has 182 valence electrons. The standard InChI is InChI=1S/C25H28N6O4/c1-15(2)29-24-25(33)30(14-23(32)27-12-18-5-7-19(8-6-18)17(4)26)22(13-28-24)20-9-16(3)10-21(11-20)31(34)35/h5-11,13,15H,4,12,14,26H2,1-3H3,(H,27,32)(H,28,29). The van der Waals surface area contributed by atoms with Gasteiger partial charge in [-0.2, -0.15) is 0 Å². The molecule has 0 aliphatic carbocycles. The van der Waals surface area contributed by atoms with Gasteiger partial charge in [0.2, 0.25) is 5.91 Å². The van der Waals surface area contributed by atoms with Crippen LogP contribution >= 0.6 is 0 Å². The molecule has 10 nitrogen and oxygen atoms in total. The quantitative estimate of drug-likeness (QED) is 0.318. The minimum Gasteiger partial charge on any atom is -0.399 e. The molecule has 3 aromatic rings. The molecule has 0 unspecified atom stereocenters. The summed E-state index contributed by atoms with van der Waals surface area (Å²) < 4.78 is 1.27. The lowest BCUT2D eigenvalue weighted by atomic mass is 10.1. The van der Waals surface area contributed by atoms with Crippen molar-refractivity contribution in [1.82, 2.24) is 14.9 Å². The third-order valence-corrected chi connectivity index (χ3v) is 5.16. The number of rotatable bonds is 9. The van der Waals surface area contributed by atoms with Gasteiger partial charge >= 0.3 is 0 Å². The van der Waals surface area contributed by atoms with Gasteiger partial charge in [0.05, 0.1) is 16.8 Å². The number of aromatic nitrogens is 2. The number of nitro groups is 1. The normalized spacial score (nSPS) is 10.7. The first-order valence-electron chi connectivity index (χ1n) is 11.0. The minimum atomic E-state index is -0.501. The van der Waals surface area contributed by atoms with Crippen LogP contribution in [0.4, 0.5) is 11.5 Å². The summed E-state index contributed by atoms with van der Waals surface area (Å²) >= 11 is 0. The average molecular weight is 477 g/mol. The van der Waals surface area contributed by atoms with E-state index >= 15 is 0 Å². The van der Waals surface area contributed by atoms with Crippen molar-refractivity contribution in [3.63, 3.8) is 0 Å². The lowest BCUT2D eigenvalue weighted by Gasteiger charge is -2.16. The van der Waals surface area contributed by atoms with E-state index in [1.165, 1.54) is 22.9 Å². The Labute approximate surface area is 202 Å². The van der Waals surface area contributed by atoms with Crippen molar-refractivity contribution in [2.24, 2.45) is 5.73 Å². The number of carbonyl (C=O) groups is 1. The third-order valence-electron chi connectivity index (χ3n) is 5.16. The smallest absolute Gasteiger partial charge is 0.294 e. The highest BCUT2D eigenvalue weighted by atomic mass is 16.6. The maximum atomic E-state index is 13.2. The van der Waals surface area contributed by atoms with Crippen molar-refractivity contribution in [3.8, 4) is 11.3 Å². The number of anilines is 1. The number of nitrogens with two attached hydrogens (primary N) is 1. The van der Waals surface area contributed by atoms with Crippen molar-refractivity contribution in [2.75, 3.05) is 5.32 Å². The predicted octanol–water partition coefficient (Wildman–Crippen LogP) is 3.19. The molecule has 0 saturated heterocycles. The van der Waals surface area contributed by atoms with E-state index in [2.05, 4.69) is 22.2 Å². The van der Waals surface area contributed by atoms with Crippen LogP contribution in [0.2, 0.25) is 0 Å². The van der Waals surface area contributed by atoms with Gasteiger partial charge in [-0.1, -0.05) is 30.8 Å². The molecule has 0 aliphatic rings. The summed E-state index contributed by atoms with van der Waals surface area (Å²) in [4.78, 5) is 41.1. The number of benzene rings is 2. The Balaban J connectivity index is 1.92. The summed E-state index contributed by atoms with van der Waals surface area (Å²) in [6, 6.07) is 11.7. The molecule has 1 amide bonds. The molecule has 0 atom stereocenters. The Bertz CT molecular complexity index is 1330. The molecule has 1 aromatic heterocycles. The minimum absolute atomic E-state index is 0.0593. The van der Waals surface area contributed by atoms with E-state index in [1.807, 2.05) is 38.1 Å². The summed E-state index contributed by atoms with van der Waals surface area (Å²) in [5, 5.41) is 17.1. The maximum Gasteiger partial charge on any atom is 0.294 e. The van der Waals surface area contributed by atoms with Gasteiger partial charge in [-0.15, -0.1) is 0 Å². The van der Waals surface area contributed by atoms with Gasteiger partial charge in [-0.25, -0.2) is 4.98 Å². The Kier molecular flexibility index (Phi) is 7.65. The van der Waals surface area contributed by atoms with Crippen LogP contribution < -0.4 is 21.9 Å². The number of nitrogens with zero attached hydrogens (tertiary/aromatic N) is 3. The Morgan fingerprint density at radius 3 is 2.51 bits per heavy atom. The highest BCUT2D eigenvalue weighted by molar-refractivity contribution is 5.77. The van der Waals surface area contributed by atoms with E-state index in [0.29, 0.717) is 22.5 Å². The summed E-state index contributed by atoms with van der Waals surface area (Å²) in [5.74, 6) is -0.305. The van der Waals surface area contributed by atoms with E-state index in [-0.39, 0.29) is 30.6 Å². The first-order chi connectivity index (χ1) is 16.5. The highest BCUT2D eigenvalue weighted by Crippen LogP contribution is 2.25. The van der Waals surface area contributed by atoms with Crippen molar-refractivity contribution in [2.45, 2.75) is 39.9 Å². The monoisotopic (exact) mass is 476 g/mol. The molecule has 10 heteroatoms. The van der Waals surface area contributed by atoms with Gasteiger partial charge < -0.3 is 16.4 Å². The van der Waals surface area contributed by atoms with Gasteiger partial charge in [0.1, 0.15) is 6.54 Å². The first kappa shape index (κ1) is 25.2. The van der Waals surface area contributed by atoms with Gasteiger partial charge in [0, 0.05) is 36.0 Å². The van der Waals surface area contributed by atoms with Crippen LogP contribution in [0.3, 0.4) is 0 Å². The van der Waals surface area contributed by atoms with E-state index in [9.17, 15) is 19.7 Å². The first-order valence-corrected chi connectivity index (χ1v) is 11.0. The van der Waals surface area contributed by atoms with Crippen LogP contribution in [0.25, 0.3) is 17.0 Å². The average Bonchev–Trinajstić information content (AvgIpc) is 2.80. The fourth-order valence-electron chi connectivity index (χ4n) is 3.50. The molecular formula is C25H28N6O4. The zero-order chi connectivity index (χ0) is 25.7. The van der Waals surface area contributed by atoms with Gasteiger partial charge in [0.25, 0.3) is 11.2 Å². The Morgan fingerprint density at radius 2 is 1.91 bits per heavy atom. The van der Waals surface area contributed by atoms with E-state index in [1.54, 1.807) is 13.0 Å². The molecule has 0 aliphatic heterocycles. The SMILES string of the molecule is C=C(N)c1ccc(CNC(=O)Cn2c(-c3cc(C)cc([N+](=O)[O-])c3)cnc(NC(C)C)c2=O)cc1. The lowest BCUT2D eigenvalue weighted by Crippen LogP contribution is -2.35. The highest BCUT2D eigenvalue weighted by Gasteiger charge is 2.18. The number of hydrogen-bond donors (Lipinski definition) is 3. The Morgan fingerprint density at radius 1 is 1.23 bits per heavy atom. The zero-order valence-corrected chi connectivity index (χ0v) is 19.9. The summed E-state index contributed by atoms with van der Waals surface area (Å²) in [7, 11) is 0. The lowest BCUT2D eigenvalue weighted by molar-refractivity contribution is -0.384. The number of amides is 1. The van der Waals surface area contributed by atoms with Crippen molar-refractivity contribution >= 4 is 23.1 Å². The molecule has 1 heterocycles. The summed E-state index contributed by atoms with van der Waals surface area (Å²) in [6.45, 7) is 9.10. The van der Waals surface area contributed by atoms with Crippen LogP contribution in [0, 0.1) is 17.0 Å². The fraction of sp³-hybridized carbons (Fsp3) is 0.240. The number of carbonyl (C=O) groups excluding carboxylic acids is 1. The molecule has 0 saturated carbocycles. The summed E-state index contributed by atoms with van der Waals surface area (Å²) in [6.07, 6.45) is 1.44. The number of aryl methyl sites for hydroxylation is 1. The van der Waals surface area contributed by atoms with E-state index < -0.39 is 16.4 Å². The topological polar surface area (TPSA) is 145 Å². The van der Waals surface area contributed by atoms with Gasteiger partial charge in [0.15, 0.2) is 5.82 Å². The van der Waals surface area contributed by atoms with Crippen molar-refractivity contribution in [1.29, 1.82) is 0 Å². The van der Waals surface area contributed by atoms with Gasteiger partial charge in [-0.3, -0.25) is 24.3 Å². The second kappa shape index (κ2) is 10.6. The molecule has 0 fully saturated rings. The predicted molar refractivity (Wildman–Crippen MR) is 136 cm³/mol. The second-order valence-corrected chi connectivity index (χ2v) is 8.50. The van der Waals surface area contributed by atoms with Crippen molar-refractivity contribution in [3.05, 3.63) is 92.4 Å². The van der Waals surface area contributed by atoms with Crippen molar-refractivity contribution < 1.29 is 9.72 Å². The third kappa shape index (κ3) is 6.32. The van der Waals surface area contributed by atoms with E-state index in [0.717, 1.165) is 11.1 Å². The number of nitro benzene ring substituents is 1. The molecule has 4 N–H and O–H groups in total. The number of hydrogen-bond acceptors (Lipinski definition) is 7. The zero-order valence-electron chi connectivity index (χ0n) is 19.9. The molecule has 35 heavy (non-hydrogen) atoms. The molecule has 0 bridgehead atoms. The number of nitrogens with one attached hydrogen (secondary N) is 2. The second-order valence-electron chi connectivity index (χ2n) is 8.50. The summed E-state index contributed by atoms with van der Waals surface area (Å²) in [5.41, 5.74) is 8.53. The molecule has 0 spiro atoms. The molecule has 3 rings (SSSR count). The number of non-ortho nitro benzene ring substituents is 1. The largest absolute Gasteiger partial charge is 0.399 e. The Hall–Kier alpha value is -4.47. The molecule has 0 radical (unpaired) electrons. The van der Waals surface area contributed by atoms with Crippen LogP contribution in [0.5, 0.6) is 0 Å². The van der Waals surface area contributed by atoms with Crippen LogP contribution in [-0.2, 0) is 17.9 Å². The molecule has 2 aromatic carbocycles. The molecular weight excluding hydrogens is 448 g/mol. The van der Waals surface area contributed by atoms with Crippen LogP contribution in [-0.4, -0.2) is 26.4 Å². The van der Waals surface area contributed by atoms with Gasteiger partial charge in [-0.05, 0) is 43.5 Å². The van der Waals surface area contributed by atoms with Crippen LogP contribution in [0.15, 0.2) is 60.0 Å².